The second-order valence-electron chi connectivity index (χ2n) is 4.90. The third kappa shape index (κ3) is 3.54. The molecule has 2 aromatic carbocycles. The van der Waals surface area contributed by atoms with Crippen molar-refractivity contribution in [3.05, 3.63) is 83.4 Å². The van der Waals surface area contributed by atoms with Gasteiger partial charge in [-0.25, -0.2) is 4.98 Å². The van der Waals surface area contributed by atoms with E-state index < -0.39 is 0 Å². The molecule has 0 saturated carbocycles. The Morgan fingerprint density at radius 1 is 1.18 bits per heavy atom. The Balaban J connectivity index is 1.74. The molecule has 0 aliphatic rings. The molecule has 0 spiro atoms. The van der Waals surface area contributed by atoms with Crippen molar-refractivity contribution in [2.45, 2.75) is 6.54 Å². The zero-order valence-electron chi connectivity index (χ0n) is 11.7. The van der Waals surface area contributed by atoms with E-state index in [2.05, 4.69) is 10.3 Å². The molecule has 22 heavy (non-hydrogen) atoms. The highest BCUT2D eigenvalue weighted by Gasteiger charge is 2.07. The quantitative estimate of drug-likeness (QED) is 0.796. The first-order valence-electron chi connectivity index (χ1n) is 6.82. The highest BCUT2D eigenvalue weighted by molar-refractivity contribution is 6.31. The van der Waals surface area contributed by atoms with Crippen molar-refractivity contribution in [3.8, 4) is 0 Å². The number of amides is 1. The van der Waals surface area contributed by atoms with Gasteiger partial charge in [-0.3, -0.25) is 4.79 Å². The van der Waals surface area contributed by atoms with Gasteiger partial charge in [0.25, 0.3) is 5.91 Å². The Bertz CT molecular complexity index is 784. The van der Waals surface area contributed by atoms with Gasteiger partial charge in [0.1, 0.15) is 0 Å². The number of aromatic nitrogens is 2. The summed E-state index contributed by atoms with van der Waals surface area (Å²) in [6.07, 6.45) is 5.40. The van der Waals surface area contributed by atoms with Gasteiger partial charge in [-0.15, -0.1) is 0 Å². The third-order valence-electron chi connectivity index (χ3n) is 3.20. The van der Waals surface area contributed by atoms with Gasteiger partial charge in [-0.2, -0.15) is 0 Å². The van der Waals surface area contributed by atoms with Crippen LogP contribution in [-0.4, -0.2) is 15.5 Å². The molecule has 1 amide bonds. The van der Waals surface area contributed by atoms with Crippen molar-refractivity contribution < 1.29 is 4.79 Å². The van der Waals surface area contributed by atoms with Crippen molar-refractivity contribution in [3.63, 3.8) is 0 Å². The van der Waals surface area contributed by atoms with Crippen molar-refractivity contribution >= 4 is 23.2 Å². The fourth-order valence-electron chi connectivity index (χ4n) is 2.17. The highest BCUT2D eigenvalue weighted by atomic mass is 35.5. The van der Waals surface area contributed by atoms with Crippen LogP contribution in [0.3, 0.4) is 0 Å². The zero-order chi connectivity index (χ0) is 15.4. The van der Waals surface area contributed by atoms with E-state index >= 15 is 0 Å². The van der Waals surface area contributed by atoms with E-state index in [9.17, 15) is 4.79 Å². The number of nitrogens with one attached hydrogen (secondary N) is 1. The lowest BCUT2D eigenvalue weighted by molar-refractivity contribution is 0.102. The van der Waals surface area contributed by atoms with E-state index in [1.165, 1.54) is 0 Å². The van der Waals surface area contributed by atoms with Gasteiger partial charge in [0.2, 0.25) is 0 Å². The number of hydrogen-bond donors (Lipinski definition) is 1. The minimum atomic E-state index is -0.178. The van der Waals surface area contributed by atoms with E-state index in [1.807, 2.05) is 35.0 Å². The van der Waals surface area contributed by atoms with Gasteiger partial charge in [-0.05, 0) is 35.9 Å². The Morgan fingerprint density at radius 2 is 2.05 bits per heavy atom. The first kappa shape index (κ1) is 14.4. The van der Waals surface area contributed by atoms with Gasteiger partial charge in [-0.1, -0.05) is 29.8 Å². The summed E-state index contributed by atoms with van der Waals surface area (Å²) >= 11 is 5.91. The molecule has 0 saturated heterocycles. The average Bonchev–Trinajstić information content (AvgIpc) is 3.00. The SMILES string of the molecule is O=C(Nc1cccc(Cn2ccnc2)c1)c1cccc(Cl)c1. The van der Waals surface area contributed by atoms with Crippen LogP contribution in [0.15, 0.2) is 67.3 Å². The summed E-state index contributed by atoms with van der Waals surface area (Å²) in [7, 11) is 0. The van der Waals surface area contributed by atoms with Crippen LogP contribution in [0.1, 0.15) is 15.9 Å². The van der Waals surface area contributed by atoms with E-state index in [1.54, 1.807) is 36.8 Å². The molecule has 0 atom stereocenters. The first-order chi connectivity index (χ1) is 10.7. The number of carbonyl (C=O) groups excluding carboxylic acids is 1. The maximum atomic E-state index is 12.2. The van der Waals surface area contributed by atoms with Crippen molar-refractivity contribution in [2.75, 3.05) is 5.32 Å². The predicted molar refractivity (Wildman–Crippen MR) is 87.2 cm³/mol. The number of nitrogens with zero attached hydrogens (tertiary/aromatic N) is 2. The molecular weight excluding hydrogens is 298 g/mol. The lowest BCUT2D eigenvalue weighted by Gasteiger charge is -2.08. The van der Waals surface area contributed by atoms with E-state index in [0.717, 1.165) is 11.3 Å². The lowest BCUT2D eigenvalue weighted by Crippen LogP contribution is -2.12. The smallest absolute Gasteiger partial charge is 0.255 e. The molecular formula is C17H14ClN3O. The molecule has 110 valence electrons. The number of imidazole rings is 1. The average molecular weight is 312 g/mol. The molecule has 3 aromatic rings. The maximum Gasteiger partial charge on any atom is 0.255 e. The topological polar surface area (TPSA) is 46.9 Å². The fraction of sp³-hybridized carbons (Fsp3) is 0.0588. The van der Waals surface area contributed by atoms with Crippen LogP contribution < -0.4 is 5.32 Å². The van der Waals surface area contributed by atoms with E-state index in [0.29, 0.717) is 17.1 Å². The van der Waals surface area contributed by atoms with Crippen molar-refractivity contribution in [2.24, 2.45) is 0 Å². The number of rotatable bonds is 4. The summed E-state index contributed by atoms with van der Waals surface area (Å²) in [4.78, 5) is 16.2. The van der Waals surface area contributed by atoms with Crippen LogP contribution in [0, 0.1) is 0 Å². The monoisotopic (exact) mass is 311 g/mol. The second-order valence-corrected chi connectivity index (χ2v) is 5.34. The maximum absolute atomic E-state index is 12.2. The molecule has 1 heterocycles. The molecule has 4 nitrogen and oxygen atoms in total. The van der Waals surface area contributed by atoms with Crippen LogP contribution >= 0.6 is 11.6 Å². The van der Waals surface area contributed by atoms with Gasteiger partial charge >= 0.3 is 0 Å². The van der Waals surface area contributed by atoms with Crippen LogP contribution in [0.25, 0.3) is 0 Å². The lowest BCUT2D eigenvalue weighted by atomic mass is 10.1. The number of hydrogen-bond acceptors (Lipinski definition) is 2. The summed E-state index contributed by atoms with van der Waals surface area (Å²) in [5.74, 6) is -0.178. The molecule has 0 unspecified atom stereocenters. The number of benzene rings is 2. The van der Waals surface area contributed by atoms with Gasteiger partial charge in [0, 0.05) is 35.2 Å². The Labute approximate surface area is 133 Å². The zero-order valence-corrected chi connectivity index (χ0v) is 12.5. The number of halogens is 1. The molecule has 0 aliphatic heterocycles. The summed E-state index contributed by atoms with van der Waals surface area (Å²) in [6, 6.07) is 14.6. The van der Waals surface area contributed by atoms with E-state index in [-0.39, 0.29) is 5.91 Å². The highest BCUT2D eigenvalue weighted by Crippen LogP contribution is 2.15. The fourth-order valence-corrected chi connectivity index (χ4v) is 2.36. The molecule has 0 fully saturated rings. The largest absolute Gasteiger partial charge is 0.333 e. The van der Waals surface area contributed by atoms with E-state index in [4.69, 9.17) is 11.6 Å². The molecule has 1 N–H and O–H groups in total. The molecule has 3 rings (SSSR count). The second kappa shape index (κ2) is 6.45. The molecule has 0 radical (unpaired) electrons. The summed E-state index contributed by atoms with van der Waals surface area (Å²) in [5, 5.41) is 3.43. The molecule has 0 aliphatic carbocycles. The predicted octanol–water partition coefficient (Wildman–Crippen LogP) is 3.84. The van der Waals surface area contributed by atoms with Crippen molar-refractivity contribution in [1.82, 2.24) is 9.55 Å². The molecule has 1 aromatic heterocycles. The summed E-state index contributed by atoms with van der Waals surface area (Å²) < 4.78 is 1.97. The summed E-state index contributed by atoms with van der Waals surface area (Å²) in [5.41, 5.74) is 2.37. The van der Waals surface area contributed by atoms with Crippen LogP contribution in [0.4, 0.5) is 5.69 Å². The number of carbonyl (C=O) groups is 1. The normalized spacial score (nSPS) is 10.4. The van der Waals surface area contributed by atoms with Crippen LogP contribution in [0.2, 0.25) is 5.02 Å². The third-order valence-corrected chi connectivity index (χ3v) is 3.43. The van der Waals surface area contributed by atoms with Crippen LogP contribution in [0.5, 0.6) is 0 Å². The number of anilines is 1. The minimum absolute atomic E-state index is 0.178. The molecule has 5 heteroatoms. The molecule has 0 bridgehead atoms. The standard InChI is InChI=1S/C17H14ClN3O/c18-15-5-2-4-14(10-15)17(22)20-16-6-1-3-13(9-16)11-21-8-7-19-12-21/h1-10,12H,11H2,(H,20,22). The van der Waals surface area contributed by atoms with Gasteiger partial charge in [0.05, 0.1) is 6.33 Å². The Morgan fingerprint density at radius 3 is 2.82 bits per heavy atom. The summed E-state index contributed by atoms with van der Waals surface area (Å²) in [6.45, 7) is 0.709. The Kier molecular flexibility index (Phi) is 4.21. The van der Waals surface area contributed by atoms with Gasteiger partial charge in [0.15, 0.2) is 0 Å². The first-order valence-corrected chi connectivity index (χ1v) is 7.20. The van der Waals surface area contributed by atoms with Gasteiger partial charge < -0.3 is 9.88 Å². The van der Waals surface area contributed by atoms with Crippen LogP contribution in [-0.2, 0) is 6.54 Å². The minimum Gasteiger partial charge on any atom is -0.333 e. The Hall–Kier alpha value is -2.59. The van der Waals surface area contributed by atoms with Crippen molar-refractivity contribution in [1.29, 1.82) is 0 Å².